The van der Waals surface area contributed by atoms with Crippen molar-refractivity contribution in [2.45, 2.75) is 18.7 Å². The second-order valence-corrected chi connectivity index (χ2v) is 5.61. The quantitative estimate of drug-likeness (QED) is 0.604. The molecule has 0 N–H and O–H groups in total. The first kappa shape index (κ1) is 13.8. The molecule has 2 rings (SSSR count). The fourth-order valence-electron chi connectivity index (χ4n) is 1.84. The fourth-order valence-corrected chi connectivity index (χ4v) is 2.50. The second-order valence-electron chi connectivity index (χ2n) is 4.27. The van der Waals surface area contributed by atoms with Gasteiger partial charge in [0.25, 0.3) is 0 Å². The van der Waals surface area contributed by atoms with E-state index in [1.54, 1.807) is 36.0 Å². The average molecular weight is 274 g/mol. The Kier molecular flexibility index (Phi) is 4.38. The van der Waals surface area contributed by atoms with Gasteiger partial charge in [-0.25, -0.2) is 4.39 Å². The van der Waals surface area contributed by atoms with E-state index in [-0.39, 0.29) is 11.3 Å². The molecule has 0 atom stereocenters. The molecule has 0 aliphatic heterocycles. The zero-order valence-corrected chi connectivity index (χ0v) is 11.8. The zero-order chi connectivity index (χ0) is 13.8. The molecule has 19 heavy (non-hydrogen) atoms. The zero-order valence-electron chi connectivity index (χ0n) is 10.9. The lowest BCUT2D eigenvalue weighted by atomic mass is 10.0. The van der Waals surface area contributed by atoms with E-state index in [0.717, 1.165) is 16.2 Å². The Morgan fingerprint density at radius 1 is 1.16 bits per heavy atom. The van der Waals surface area contributed by atoms with E-state index in [1.165, 1.54) is 6.07 Å². The lowest BCUT2D eigenvalue weighted by Crippen LogP contribution is -2.04. The van der Waals surface area contributed by atoms with Crippen molar-refractivity contribution < 1.29 is 9.18 Å². The summed E-state index contributed by atoms with van der Waals surface area (Å²) in [6, 6.07) is 11.9. The third kappa shape index (κ3) is 3.24. The van der Waals surface area contributed by atoms with Crippen LogP contribution in [0, 0.1) is 12.7 Å². The summed E-state index contributed by atoms with van der Waals surface area (Å²) in [5.74, 6) is 0.247. The van der Waals surface area contributed by atoms with Crippen LogP contribution in [0.4, 0.5) is 4.39 Å². The highest BCUT2D eigenvalue weighted by Crippen LogP contribution is 2.20. The van der Waals surface area contributed by atoms with Gasteiger partial charge in [0.1, 0.15) is 5.82 Å². The van der Waals surface area contributed by atoms with Crippen molar-refractivity contribution in [3.63, 3.8) is 0 Å². The number of benzene rings is 2. The normalized spacial score (nSPS) is 10.5. The van der Waals surface area contributed by atoms with Gasteiger partial charge in [-0.3, -0.25) is 4.79 Å². The van der Waals surface area contributed by atoms with Crippen LogP contribution < -0.4 is 0 Å². The van der Waals surface area contributed by atoms with E-state index in [1.807, 2.05) is 19.1 Å². The highest BCUT2D eigenvalue weighted by atomic mass is 32.2. The SMILES string of the molecule is CCSc1ccc(C(=O)c2cc(C)ccc2F)cc1. The van der Waals surface area contributed by atoms with Crippen molar-refractivity contribution in [2.24, 2.45) is 0 Å². The summed E-state index contributed by atoms with van der Waals surface area (Å²) in [5.41, 5.74) is 1.53. The molecule has 0 saturated heterocycles. The lowest BCUT2D eigenvalue weighted by Gasteiger charge is -2.05. The number of aryl methyl sites for hydroxylation is 1. The summed E-state index contributed by atoms with van der Waals surface area (Å²) in [5, 5.41) is 0. The van der Waals surface area contributed by atoms with Crippen LogP contribution in [0.2, 0.25) is 0 Å². The van der Waals surface area contributed by atoms with E-state index >= 15 is 0 Å². The number of rotatable bonds is 4. The molecule has 0 bridgehead atoms. The third-order valence-corrected chi connectivity index (χ3v) is 3.69. The Labute approximate surface area is 116 Å². The van der Waals surface area contributed by atoms with Crippen LogP contribution in [0.5, 0.6) is 0 Å². The summed E-state index contributed by atoms with van der Waals surface area (Å²) in [4.78, 5) is 13.4. The molecule has 0 aromatic heterocycles. The van der Waals surface area contributed by atoms with Crippen molar-refractivity contribution in [1.82, 2.24) is 0 Å². The third-order valence-electron chi connectivity index (χ3n) is 2.79. The molecule has 1 nitrogen and oxygen atoms in total. The number of carbonyl (C=O) groups is 1. The van der Waals surface area contributed by atoms with E-state index < -0.39 is 5.82 Å². The van der Waals surface area contributed by atoms with Gasteiger partial charge in [-0.05, 0) is 49.1 Å². The molecule has 3 heteroatoms. The molecule has 0 fully saturated rings. The number of hydrogen-bond acceptors (Lipinski definition) is 2. The average Bonchev–Trinajstić information content (AvgIpc) is 2.42. The minimum Gasteiger partial charge on any atom is -0.288 e. The standard InChI is InChI=1S/C16H15FOS/c1-3-19-13-7-5-12(6-8-13)16(18)14-10-11(2)4-9-15(14)17/h4-10H,3H2,1-2H3. The largest absolute Gasteiger partial charge is 0.288 e. The molecule has 0 heterocycles. The minimum absolute atomic E-state index is 0.135. The van der Waals surface area contributed by atoms with Crippen LogP contribution in [0.3, 0.4) is 0 Å². The van der Waals surface area contributed by atoms with Gasteiger partial charge in [-0.1, -0.05) is 18.6 Å². The van der Waals surface area contributed by atoms with Gasteiger partial charge in [0.05, 0.1) is 5.56 Å². The van der Waals surface area contributed by atoms with Crippen LogP contribution in [-0.2, 0) is 0 Å². The first-order valence-corrected chi connectivity index (χ1v) is 7.14. The summed E-state index contributed by atoms with van der Waals surface area (Å²) in [6.07, 6.45) is 0. The summed E-state index contributed by atoms with van der Waals surface area (Å²) >= 11 is 1.71. The predicted octanol–water partition coefficient (Wildman–Crippen LogP) is 4.48. The van der Waals surface area contributed by atoms with Crippen molar-refractivity contribution >= 4 is 17.5 Å². The number of carbonyl (C=O) groups excluding carboxylic acids is 1. The fraction of sp³-hybridized carbons (Fsp3) is 0.188. The van der Waals surface area contributed by atoms with Crippen molar-refractivity contribution in [3.8, 4) is 0 Å². The molecular formula is C16H15FOS. The molecule has 0 spiro atoms. The highest BCUT2D eigenvalue weighted by molar-refractivity contribution is 7.99. The molecule has 2 aromatic carbocycles. The van der Waals surface area contributed by atoms with Gasteiger partial charge in [-0.2, -0.15) is 0 Å². The molecule has 98 valence electrons. The van der Waals surface area contributed by atoms with Gasteiger partial charge in [-0.15, -0.1) is 11.8 Å². The maximum Gasteiger partial charge on any atom is 0.195 e. The first-order valence-electron chi connectivity index (χ1n) is 6.15. The van der Waals surface area contributed by atoms with E-state index in [0.29, 0.717) is 5.56 Å². The van der Waals surface area contributed by atoms with E-state index in [9.17, 15) is 9.18 Å². The number of thioether (sulfide) groups is 1. The van der Waals surface area contributed by atoms with Gasteiger partial charge >= 0.3 is 0 Å². The predicted molar refractivity (Wildman–Crippen MR) is 77.4 cm³/mol. The number of hydrogen-bond donors (Lipinski definition) is 0. The monoisotopic (exact) mass is 274 g/mol. The van der Waals surface area contributed by atoms with E-state index in [2.05, 4.69) is 6.92 Å². The highest BCUT2D eigenvalue weighted by Gasteiger charge is 2.13. The van der Waals surface area contributed by atoms with Gasteiger partial charge in [0, 0.05) is 10.5 Å². The van der Waals surface area contributed by atoms with E-state index in [4.69, 9.17) is 0 Å². The lowest BCUT2D eigenvalue weighted by molar-refractivity contribution is 0.103. The van der Waals surface area contributed by atoms with Crippen LogP contribution in [0.1, 0.15) is 28.4 Å². The topological polar surface area (TPSA) is 17.1 Å². The maximum absolute atomic E-state index is 13.7. The second kappa shape index (κ2) is 6.02. The first-order chi connectivity index (χ1) is 9.11. The van der Waals surface area contributed by atoms with Crippen LogP contribution in [0.15, 0.2) is 47.4 Å². The van der Waals surface area contributed by atoms with Crippen LogP contribution >= 0.6 is 11.8 Å². The van der Waals surface area contributed by atoms with Crippen LogP contribution in [-0.4, -0.2) is 11.5 Å². The molecule has 0 amide bonds. The Bertz CT molecular complexity index is 590. The number of halogens is 1. The molecule has 2 aromatic rings. The van der Waals surface area contributed by atoms with Gasteiger partial charge in [0.15, 0.2) is 5.78 Å². The number of ketones is 1. The summed E-state index contributed by atoms with van der Waals surface area (Å²) in [7, 11) is 0. The van der Waals surface area contributed by atoms with Crippen molar-refractivity contribution in [3.05, 3.63) is 65.0 Å². The smallest absolute Gasteiger partial charge is 0.195 e. The minimum atomic E-state index is -0.470. The Morgan fingerprint density at radius 3 is 2.47 bits per heavy atom. The molecular weight excluding hydrogens is 259 g/mol. The molecule has 0 unspecified atom stereocenters. The Hall–Kier alpha value is -1.61. The van der Waals surface area contributed by atoms with Crippen LogP contribution in [0.25, 0.3) is 0 Å². The van der Waals surface area contributed by atoms with Crippen molar-refractivity contribution in [2.75, 3.05) is 5.75 Å². The molecule has 0 aliphatic rings. The molecule has 0 saturated carbocycles. The maximum atomic E-state index is 13.7. The summed E-state index contributed by atoms with van der Waals surface area (Å²) in [6.45, 7) is 3.92. The van der Waals surface area contributed by atoms with Crippen molar-refractivity contribution in [1.29, 1.82) is 0 Å². The summed E-state index contributed by atoms with van der Waals surface area (Å²) < 4.78 is 13.7. The Morgan fingerprint density at radius 2 is 1.84 bits per heavy atom. The molecule has 0 radical (unpaired) electrons. The molecule has 0 aliphatic carbocycles. The van der Waals surface area contributed by atoms with Gasteiger partial charge < -0.3 is 0 Å². The Balaban J connectivity index is 2.30. The van der Waals surface area contributed by atoms with Gasteiger partial charge in [0.2, 0.25) is 0 Å².